The van der Waals surface area contributed by atoms with E-state index in [0.29, 0.717) is 25.1 Å². The molecular formula is C11H13N3O3. The fourth-order valence-corrected chi connectivity index (χ4v) is 2.14. The number of piperazine rings is 1. The molecule has 0 radical (unpaired) electrons. The molecule has 6 nitrogen and oxygen atoms in total. The third kappa shape index (κ3) is 1.76. The van der Waals surface area contributed by atoms with Crippen LogP contribution in [-0.2, 0) is 10.5 Å². The Balaban J connectivity index is 2.51. The fraction of sp³-hybridized carbons (Fsp3) is 0.364. The molecule has 1 aromatic carbocycles. The molecule has 1 aromatic rings. The standard InChI is InChI=1S/C11H13N3O3/c15-9-13-7-6-12-8-11(13,14(16)17)10-4-2-1-3-5-10/h1-5,9,12H,6-8H2. The summed E-state index contributed by atoms with van der Waals surface area (Å²) in [4.78, 5) is 23.3. The Hall–Kier alpha value is -1.95. The van der Waals surface area contributed by atoms with Gasteiger partial charge in [0.2, 0.25) is 6.41 Å². The largest absolute Gasteiger partial charge is 0.336 e. The zero-order valence-corrected chi connectivity index (χ0v) is 9.20. The summed E-state index contributed by atoms with van der Waals surface area (Å²) in [6.07, 6.45) is 0.552. The van der Waals surface area contributed by atoms with Gasteiger partial charge in [-0.15, -0.1) is 0 Å². The van der Waals surface area contributed by atoms with Crippen molar-refractivity contribution in [2.75, 3.05) is 19.6 Å². The molecule has 1 amide bonds. The van der Waals surface area contributed by atoms with Gasteiger partial charge >= 0.3 is 5.66 Å². The van der Waals surface area contributed by atoms with Crippen molar-refractivity contribution in [3.63, 3.8) is 0 Å². The van der Waals surface area contributed by atoms with Crippen molar-refractivity contribution in [3.8, 4) is 0 Å². The van der Waals surface area contributed by atoms with Crippen molar-refractivity contribution in [1.29, 1.82) is 0 Å². The molecule has 1 atom stereocenters. The van der Waals surface area contributed by atoms with Crippen molar-refractivity contribution < 1.29 is 9.72 Å². The number of hydrogen-bond donors (Lipinski definition) is 1. The molecule has 1 aliphatic rings. The summed E-state index contributed by atoms with van der Waals surface area (Å²) in [5.41, 5.74) is -0.967. The predicted molar refractivity (Wildman–Crippen MR) is 60.8 cm³/mol. The van der Waals surface area contributed by atoms with E-state index in [9.17, 15) is 14.9 Å². The number of amides is 1. The molecule has 1 fully saturated rings. The van der Waals surface area contributed by atoms with Gasteiger partial charge < -0.3 is 5.32 Å². The van der Waals surface area contributed by atoms with Crippen LogP contribution >= 0.6 is 0 Å². The highest BCUT2D eigenvalue weighted by molar-refractivity contribution is 5.50. The Kier molecular flexibility index (Phi) is 3.06. The maximum atomic E-state index is 11.4. The molecule has 0 aromatic heterocycles. The Morgan fingerprint density at radius 1 is 1.41 bits per heavy atom. The average molecular weight is 235 g/mol. The van der Waals surface area contributed by atoms with E-state index in [1.54, 1.807) is 30.3 Å². The van der Waals surface area contributed by atoms with Gasteiger partial charge in [-0.2, -0.15) is 0 Å². The number of benzene rings is 1. The molecule has 1 N–H and O–H groups in total. The maximum Gasteiger partial charge on any atom is 0.336 e. The van der Waals surface area contributed by atoms with Crippen molar-refractivity contribution in [2.24, 2.45) is 0 Å². The van der Waals surface area contributed by atoms with Crippen LogP contribution in [0.2, 0.25) is 0 Å². The highest BCUT2D eigenvalue weighted by Gasteiger charge is 2.51. The Bertz CT molecular complexity index is 423. The summed E-state index contributed by atoms with van der Waals surface area (Å²) >= 11 is 0. The normalized spacial score (nSPS) is 24.4. The second-order valence-electron chi connectivity index (χ2n) is 3.92. The number of nitrogens with one attached hydrogen (secondary N) is 1. The van der Waals surface area contributed by atoms with Gasteiger partial charge in [0.25, 0.3) is 0 Å². The first kappa shape index (κ1) is 11.5. The van der Waals surface area contributed by atoms with Crippen LogP contribution in [0.5, 0.6) is 0 Å². The number of nitrogens with zero attached hydrogens (tertiary/aromatic N) is 2. The minimum atomic E-state index is -1.48. The van der Waals surface area contributed by atoms with E-state index in [2.05, 4.69) is 5.32 Å². The van der Waals surface area contributed by atoms with Crippen LogP contribution in [0.1, 0.15) is 5.56 Å². The van der Waals surface area contributed by atoms with E-state index in [-0.39, 0.29) is 6.54 Å². The molecule has 0 spiro atoms. The smallest absolute Gasteiger partial charge is 0.306 e. The zero-order valence-electron chi connectivity index (χ0n) is 9.20. The summed E-state index contributed by atoms with van der Waals surface area (Å²) in [7, 11) is 0. The van der Waals surface area contributed by atoms with Gasteiger partial charge in [-0.3, -0.25) is 19.8 Å². The summed E-state index contributed by atoms with van der Waals surface area (Å²) < 4.78 is 0. The van der Waals surface area contributed by atoms with Gasteiger partial charge in [-0.1, -0.05) is 18.2 Å². The molecule has 1 aliphatic heterocycles. The van der Waals surface area contributed by atoms with Gasteiger partial charge in [-0.05, 0) is 12.1 Å². The summed E-state index contributed by atoms with van der Waals surface area (Å²) in [5, 5.41) is 14.4. The molecule has 90 valence electrons. The first-order valence-electron chi connectivity index (χ1n) is 5.34. The summed E-state index contributed by atoms with van der Waals surface area (Å²) in [6, 6.07) is 8.60. The second-order valence-corrected chi connectivity index (χ2v) is 3.92. The predicted octanol–water partition coefficient (Wildman–Crippen LogP) is 0.178. The molecular weight excluding hydrogens is 222 g/mol. The van der Waals surface area contributed by atoms with E-state index in [1.165, 1.54) is 4.90 Å². The lowest BCUT2D eigenvalue weighted by molar-refractivity contribution is -0.606. The highest BCUT2D eigenvalue weighted by atomic mass is 16.6. The lowest BCUT2D eigenvalue weighted by Gasteiger charge is -2.37. The molecule has 6 heteroatoms. The van der Waals surface area contributed by atoms with Crippen molar-refractivity contribution in [2.45, 2.75) is 5.66 Å². The number of nitro groups is 1. The maximum absolute atomic E-state index is 11.4. The molecule has 0 saturated carbocycles. The average Bonchev–Trinajstić information content (AvgIpc) is 2.39. The third-order valence-corrected chi connectivity index (χ3v) is 3.04. The monoisotopic (exact) mass is 235 g/mol. The van der Waals surface area contributed by atoms with Gasteiger partial charge in [0.1, 0.15) is 0 Å². The number of rotatable bonds is 3. The summed E-state index contributed by atoms with van der Waals surface area (Å²) in [5.74, 6) is 0. The summed E-state index contributed by atoms with van der Waals surface area (Å²) in [6.45, 7) is 1.03. The van der Waals surface area contributed by atoms with Gasteiger partial charge in [0.15, 0.2) is 0 Å². The Morgan fingerprint density at radius 2 is 2.12 bits per heavy atom. The minimum absolute atomic E-state index is 0.128. The number of carbonyl (C=O) groups is 1. The van der Waals surface area contributed by atoms with Crippen LogP contribution in [-0.4, -0.2) is 35.9 Å². The lowest BCUT2D eigenvalue weighted by Crippen LogP contribution is -2.62. The molecule has 1 unspecified atom stereocenters. The van der Waals surface area contributed by atoms with E-state index >= 15 is 0 Å². The van der Waals surface area contributed by atoms with E-state index in [1.807, 2.05) is 0 Å². The first-order valence-corrected chi connectivity index (χ1v) is 5.34. The van der Waals surface area contributed by atoms with Crippen LogP contribution in [0.15, 0.2) is 30.3 Å². The van der Waals surface area contributed by atoms with Crippen molar-refractivity contribution in [1.82, 2.24) is 10.2 Å². The molecule has 2 rings (SSSR count). The van der Waals surface area contributed by atoms with E-state index in [0.717, 1.165) is 0 Å². The minimum Gasteiger partial charge on any atom is -0.306 e. The van der Waals surface area contributed by atoms with Gasteiger partial charge in [0, 0.05) is 13.1 Å². The first-order chi connectivity index (χ1) is 8.21. The molecule has 0 bridgehead atoms. The third-order valence-electron chi connectivity index (χ3n) is 3.04. The molecule has 1 saturated heterocycles. The van der Waals surface area contributed by atoms with Crippen LogP contribution in [0.25, 0.3) is 0 Å². The highest BCUT2D eigenvalue weighted by Crippen LogP contribution is 2.29. The lowest BCUT2D eigenvalue weighted by atomic mass is 9.96. The Labute approximate surface area is 98.4 Å². The van der Waals surface area contributed by atoms with Gasteiger partial charge in [-0.25, -0.2) is 0 Å². The topological polar surface area (TPSA) is 75.5 Å². The van der Waals surface area contributed by atoms with Crippen LogP contribution in [0.4, 0.5) is 0 Å². The second kappa shape index (κ2) is 4.50. The number of carbonyl (C=O) groups excluding carboxylic acids is 1. The fourth-order valence-electron chi connectivity index (χ4n) is 2.14. The van der Waals surface area contributed by atoms with Crippen molar-refractivity contribution >= 4 is 6.41 Å². The molecule has 0 aliphatic carbocycles. The quantitative estimate of drug-likeness (QED) is 0.460. The molecule has 1 heterocycles. The Morgan fingerprint density at radius 3 is 2.71 bits per heavy atom. The van der Waals surface area contributed by atoms with Crippen LogP contribution in [0, 0.1) is 10.1 Å². The van der Waals surface area contributed by atoms with Gasteiger partial charge in [0.05, 0.1) is 17.0 Å². The SMILES string of the molecule is O=CN1CCNCC1(c1ccccc1)[N+](=O)[O-]. The van der Waals surface area contributed by atoms with Crippen LogP contribution in [0.3, 0.4) is 0 Å². The van der Waals surface area contributed by atoms with E-state index in [4.69, 9.17) is 0 Å². The van der Waals surface area contributed by atoms with Crippen molar-refractivity contribution in [3.05, 3.63) is 46.0 Å². The van der Waals surface area contributed by atoms with E-state index < -0.39 is 10.6 Å². The van der Waals surface area contributed by atoms with Crippen LogP contribution < -0.4 is 5.32 Å². The molecule has 17 heavy (non-hydrogen) atoms. The number of hydrogen-bond acceptors (Lipinski definition) is 4. The zero-order chi connectivity index (χ0) is 12.3.